The molecule has 1 aromatic carbocycles. The van der Waals surface area contributed by atoms with E-state index in [1.165, 1.54) is 18.4 Å². The smallest absolute Gasteiger partial charge is 0.0843 e. The van der Waals surface area contributed by atoms with E-state index >= 15 is 0 Å². The minimum Gasteiger partial charge on any atom is -0.220 e. The Kier molecular flexibility index (Phi) is 4.76. The van der Waals surface area contributed by atoms with Crippen molar-refractivity contribution in [1.82, 2.24) is 15.0 Å². The molecule has 2 rings (SSSR count). The molecule has 0 fully saturated rings. The number of nitrogens with zero attached hydrogens (tertiary/aromatic N) is 3. The van der Waals surface area contributed by atoms with Crippen LogP contribution in [0.4, 0.5) is 0 Å². The van der Waals surface area contributed by atoms with E-state index < -0.39 is 0 Å². The number of aryl methyl sites for hydroxylation is 2. The summed E-state index contributed by atoms with van der Waals surface area (Å²) < 4.78 is 1.80. The summed E-state index contributed by atoms with van der Waals surface area (Å²) in [5.41, 5.74) is 3.35. The zero-order valence-electron chi connectivity index (χ0n) is 10.6. The van der Waals surface area contributed by atoms with Crippen LogP contribution in [0.25, 0.3) is 5.69 Å². The van der Waals surface area contributed by atoms with Gasteiger partial charge in [-0.25, -0.2) is 4.68 Å². The second kappa shape index (κ2) is 6.55. The van der Waals surface area contributed by atoms with Crippen molar-refractivity contribution >= 4 is 11.6 Å². The molecule has 4 heteroatoms. The monoisotopic (exact) mass is 263 g/mol. The maximum atomic E-state index is 5.68. The van der Waals surface area contributed by atoms with E-state index in [-0.39, 0.29) is 0 Å². The largest absolute Gasteiger partial charge is 0.220 e. The number of aromatic nitrogens is 3. The van der Waals surface area contributed by atoms with E-state index in [1.807, 2.05) is 6.20 Å². The first-order chi connectivity index (χ1) is 8.83. The van der Waals surface area contributed by atoms with Gasteiger partial charge in [-0.15, -0.1) is 16.7 Å². The Labute approximate surface area is 113 Å². The van der Waals surface area contributed by atoms with Gasteiger partial charge in [-0.1, -0.05) is 30.7 Å². The molecule has 18 heavy (non-hydrogen) atoms. The Morgan fingerprint density at radius 2 is 1.94 bits per heavy atom. The number of unbranched alkanes of at least 4 members (excludes halogenated alkanes) is 1. The summed E-state index contributed by atoms with van der Waals surface area (Å²) in [6, 6.07) is 8.50. The minimum atomic E-state index is 0.578. The Hall–Kier alpha value is -1.35. The van der Waals surface area contributed by atoms with Crippen molar-refractivity contribution in [3.8, 4) is 5.69 Å². The van der Waals surface area contributed by atoms with Gasteiger partial charge in [0.05, 0.1) is 17.6 Å². The number of alkyl halides is 1. The fourth-order valence-corrected chi connectivity index (χ4v) is 2.03. The molecule has 0 aliphatic rings. The number of rotatable bonds is 6. The summed E-state index contributed by atoms with van der Waals surface area (Å²) in [6.07, 6.45) is 6.31. The Morgan fingerprint density at radius 3 is 2.61 bits per heavy atom. The van der Waals surface area contributed by atoms with Crippen LogP contribution in [0, 0.1) is 0 Å². The number of hydrogen-bond acceptors (Lipinski definition) is 2. The highest BCUT2D eigenvalue weighted by molar-refractivity contribution is 6.17. The quantitative estimate of drug-likeness (QED) is 0.748. The van der Waals surface area contributed by atoms with Gasteiger partial charge in [-0.2, -0.15) is 0 Å². The van der Waals surface area contributed by atoms with Crippen LogP contribution in [0.2, 0.25) is 0 Å². The predicted molar refractivity (Wildman–Crippen MR) is 74.4 cm³/mol. The molecule has 0 aliphatic carbocycles. The molecule has 0 radical (unpaired) electrons. The lowest BCUT2D eigenvalue weighted by molar-refractivity contribution is 0.786. The number of benzene rings is 1. The Balaban J connectivity index is 2.07. The SMILES string of the molecule is CCCCc1ccc(-n2cc(CCCl)nn2)cc1. The van der Waals surface area contributed by atoms with Gasteiger partial charge in [0.25, 0.3) is 0 Å². The second-order valence-corrected chi connectivity index (χ2v) is 4.74. The Morgan fingerprint density at radius 1 is 1.17 bits per heavy atom. The average Bonchev–Trinajstić information content (AvgIpc) is 2.86. The van der Waals surface area contributed by atoms with Crippen LogP contribution < -0.4 is 0 Å². The van der Waals surface area contributed by atoms with Gasteiger partial charge in [0.2, 0.25) is 0 Å². The molecular weight excluding hydrogens is 246 g/mol. The van der Waals surface area contributed by atoms with E-state index in [0.29, 0.717) is 5.88 Å². The predicted octanol–water partition coefficient (Wildman–Crippen LogP) is 3.39. The Bertz CT molecular complexity index is 476. The van der Waals surface area contributed by atoms with E-state index in [1.54, 1.807) is 4.68 Å². The van der Waals surface area contributed by atoms with Crippen LogP contribution in [0.5, 0.6) is 0 Å². The van der Waals surface area contributed by atoms with Crippen LogP contribution in [0.3, 0.4) is 0 Å². The average molecular weight is 264 g/mol. The lowest BCUT2D eigenvalue weighted by atomic mass is 10.1. The third-order valence-electron chi connectivity index (χ3n) is 2.91. The van der Waals surface area contributed by atoms with E-state index in [0.717, 1.165) is 24.2 Å². The van der Waals surface area contributed by atoms with Crippen LogP contribution in [0.15, 0.2) is 30.5 Å². The first kappa shape index (κ1) is 13.1. The maximum Gasteiger partial charge on any atom is 0.0843 e. The molecule has 3 nitrogen and oxygen atoms in total. The summed E-state index contributed by atoms with van der Waals surface area (Å²) in [5, 5.41) is 8.19. The molecule has 0 saturated carbocycles. The van der Waals surface area contributed by atoms with Crippen molar-refractivity contribution in [2.24, 2.45) is 0 Å². The first-order valence-electron chi connectivity index (χ1n) is 6.40. The fourth-order valence-electron chi connectivity index (χ4n) is 1.83. The fraction of sp³-hybridized carbons (Fsp3) is 0.429. The third-order valence-corrected chi connectivity index (χ3v) is 3.10. The number of halogens is 1. The highest BCUT2D eigenvalue weighted by Crippen LogP contribution is 2.11. The van der Waals surface area contributed by atoms with Crippen molar-refractivity contribution in [2.45, 2.75) is 32.6 Å². The van der Waals surface area contributed by atoms with Crippen LogP contribution in [-0.2, 0) is 12.8 Å². The standard InChI is InChI=1S/C14H18ClN3/c1-2-3-4-12-5-7-14(8-6-12)18-11-13(9-10-15)16-17-18/h5-8,11H,2-4,9-10H2,1H3. The number of hydrogen-bond donors (Lipinski definition) is 0. The molecule has 1 aromatic heterocycles. The summed E-state index contributed by atoms with van der Waals surface area (Å²) in [6.45, 7) is 2.21. The summed E-state index contributed by atoms with van der Waals surface area (Å²) in [5.74, 6) is 0.578. The van der Waals surface area contributed by atoms with Crippen molar-refractivity contribution in [3.63, 3.8) is 0 Å². The van der Waals surface area contributed by atoms with E-state index in [4.69, 9.17) is 11.6 Å². The summed E-state index contributed by atoms with van der Waals surface area (Å²) >= 11 is 5.68. The summed E-state index contributed by atoms with van der Waals surface area (Å²) in [4.78, 5) is 0. The van der Waals surface area contributed by atoms with Crippen molar-refractivity contribution in [3.05, 3.63) is 41.7 Å². The van der Waals surface area contributed by atoms with Crippen molar-refractivity contribution in [1.29, 1.82) is 0 Å². The summed E-state index contributed by atoms with van der Waals surface area (Å²) in [7, 11) is 0. The van der Waals surface area contributed by atoms with Crippen molar-refractivity contribution in [2.75, 3.05) is 5.88 Å². The van der Waals surface area contributed by atoms with Crippen LogP contribution in [-0.4, -0.2) is 20.9 Å². The molecule has 0 N–H and O–H groups in total. The van der Waals surface area contributed by atoms with E-state index in [2.05, 4.69) is 41.5 Å². The molecule has 0 unspecified atom stereocenters. The van der Waals surface area contributed by atoms with Crippen LogP contribution >= 0.6 is 11.6 Å². The highest BCUT2D eigenvalue weighted by atomic mass is 35.5. The molecule has 1 heterocycles. The van der Waals surface area contributed by atoms with E-state index in [9.17, 15) is 0 Å². The normalized spacial score (nSPS) is 10.8. The molecule has 0 spiro atoms. The maximum absolute atomic E-state index is 5.68. The van der Waals surface area contributed by atoms with Crippen LogP contribution in [0.1, 0.15) is 31.0 Å². The zero-order valence-corrected chi connectivity index (χ0v) is 11.4. The first-order valence-corrected chi connectivity index (χ1v) is 6.93. The molecule has 96 valence electrons. The van der Waals surface area contributed by atoms with Gasteiger partial charge in [0.1, 0.15) is 0 Å². The van der Waals surface area contributed by atoms with Gasteiger partial charge < -0.3 is 0 Å². The van der Waals surface area contributed by atoms with Crippen molar-refractivity contribution < 1.29 is 0 Å². The molecular formula is C14H18ClN3. The molecule has 0 saturated heterocycles. The van der Waals surface area contributed by atoms with Gasteiger partial charge in [-0.05, 0) is 30.5 Å². The van der Waals surface area contributed by atoms with Gasteiger partial charge in [0.15, 0.2) is 0 Å². The lowest BCUT2D eigenvalue weighted by Gasteiger charge is -2.03. The molecule has 0 atom stereocenters. The second-order valence-electron chi connectivity index (χ2n) is 4.36. The van der Waals surface area contributed by atoms with Gasteiger partial charge in [-0.3, -0.25) is 0 Å². The molecule has 2 aromatic rings. The van der Waals surface area contributed by atoms with Gasteiger partial charge >= 0.3 is 0 Å². The highest BCUT2D eigenvalue weighted by Gasteiger charge is 2.02. The molecule has 0 aliphatic heterocycles. The topological polar surface area (TPSA) is 30.7 Å². The zero-order chi connectivity index (χ0) is 12.8. The molecule has 0 amide bonds. The third kappa shape index (κ3) is 3.33. The lowest BCUT2D eigenvalue weighted by Crippen LogP contribution is -1.95. The molecule has 0 bridgehead atoms. The minimum absolute atomic E-state index is 0.578. The van der Waals surface area contributed by atoms with Gasteiger partial charge in [0, 0.05) is 12.3 Å².